The highest BCUT2D eigenvalue weighted by Crippen LogP contribution is 2.29. The van der Waals surface area contributed by atoms with Gasteiger partial charge in [-0.1, -0.05) is 66.4 Å². The Bertz CT molecular complexity index is 1510. The molecule has 6 heteroatoms. The molecule has 0 unspecified atom stereocenters. The number of methoxy groups -OCH3 is 1. The van der Waals surface area contributed by atoms with Crippen molar-refractivity contribution in [2.45, 2.75) is 30.8 Å². The van der Waals surface area contributed by atoms with Gasteiger partial charge in [0.25, 0.3) is 0 Å². The Hall–Kier alpha value is -3.77. The van der Waals surface area contributed by atoms with Crippen LogP contribution in [0.2, 0.25) is 0 Å². The number of hydrogen-bond acceptors (Lipinski definition) is 5. The molecule has 4 aromatic carbocycles. The SMILES string of the molecule is CCOC(=O)c1ccc2c(c1)nc(SCc1ccc3ccccc3c1)n2CCc1ccc(OC)cc1. The molecule has 0 saturated heterocycles. The van der Waals surface area contributed by atoms with Gasteiger partial charge in [-0.15, -0.1) is 0 Å². The van der Waals surface area contributed by atoms with Crippen molar-refractivity contribution in [1.82, 2.24) is 9.55 Å². The maximum atomic E-state index is 12.3. The lowest BCUT2D eigenvalue weighted by molar-refractivity contribution is 0.0526. The molecule has 5 aromatic rings. The zero-order valence-electron chi connectivity index (χ0n) is 20.4. The summed E-state index contributed by atoms with van der Waals surface area (Å²) in [5.41, 5.74) is 4.81. The maximum Gasteiger partial charge on any atom is 0.338 e. The van der Waals surface area contributed by atoms with Crippen LogP contribution in [0.25, 0.3) is 21.8 Å². The Morgan fingerprint density at radius 3 is 2.47 bits per heavy atom. The molecule has 1 aromatic heterocycles. The minimum Gasteiger partial charge on any atom is -0.497 e. The van der Waals surface area contributed by atoms with Crippen molar-refractivity contribution < 1.29 is 14.3 Å². The molecule has 1 heterocycles. The number of thioether (sulfide) groups is 1. The average molecular weight is 497 g/mol. The van der Waals surface area contributed by atoms with Crippen LogP contribution >= 0.6 is 11.8 Å². The van der Waals surface area contributed by atoms with Crippen molar-refractivity contribution in [1.29, 1.82) is 0 Å². The molecule has 5 nitrogen and oxygen atoms in total. The van der Waals surface area contributed by atoms with Gasteiger partial charge in [0, 0.05) is 12.3 Å². The van der Waals surface area contributed by atoms with Gasteiger partial charge in [0.15, 0.2) is 5.16 Å². The number of ether oxygens (including phenoxy) is 2. The highest BCUT2D eigenvalue weighted by atomic mass is 32.2. The molecule has 0 radical (unpaired) electrons. The summed E-state index contributed by atoms with van der Waals surface area (Å²) in [4.78, 5) is 17.2. The van der Waals surface area contributed by atoms with Crippen LogP contribution in [0, 0.1) is 0 Å². The van der Waals surface area contributed by atoms with Gasteiger partial charge >= 0.3 is 5.97 Å². The fraction of sp³-hybridized carbons (Fsp3) is 0.200. The number of hydrogen-bond donors (Lipinski definition) is 0. The first-order valence-corrected chi connectivity index (χ1v) is 13.0. The summed E-state index contributed by atoms with van der Waals surface area (Å²) in [6, 6.07) is 28.8. The predicted octanol–water partition coefficient (Wildman–Crippen LogP) is 6.91. The van der Waals surface area contributed by atoms with Crippen molar-refractivity contribution in [3.05, 3.63) is 102 Å². The van der Waals surface area contributed by atoms with Gasteiger partial charge in [0.2, 0.25) is 0 Å². The molecule has 182 valence electrons. The molecule has 0 saturated carbocycles. The topological polar surface area (TPSA) is 53.3 Å². The van der Waals surface area contributed by atoms with Crippen molar-refractivity contribution >= 4 is 39.5 Å². The third-order valence-electron chi connectivity index (χ3n) is 6.19. The Kier molecular flexibility index (Phi) is 7.23. The smallest absolute Gasteiger partial charge is 0.338 e. The number of fused-ring (bicyclic) bond motifs is 2. The Balaban J connectivity index is 1.43. The van der Waals surface area contributed by atoms with Gasteiger partial charge in [-0.3, -0.25) is 0 Å². The van der Waals surface area contributed by atoms with Crippen molar-refractivity contribution in [2.75, 3.05) is 13.7 Å². The summed E-state index contributed by atoms with van der Waals surface area (Å²) in [7, 11) is 1.68. The number of imidazole rings is 1. The van der Waals surface area contributed by atoms with Crippen molar-refractivity contribution in [3.63, 3.8) is 0 Å². The third kappa shape index (κ3) is 5.24. The van der Waals surface area contributed by atoms with E-state index < -0.39 is 0 Å². The summed E-state index contributed by atoms with van der Waals surface area (Å²) >= 11 is 1.72. The third-order valence-corrected chi connectivity index (χ3v) is 7.24. The molecule has 0 aliphatic heterocycles. The highest BCUT2D eigenvalue weighted by Gasteiger charge is 2.15. The number of aromatic nitrogens is 2. The molecule has 5 rings (SSSR count). The van der Waals surface area contributed by atoms with Crippen LogP contribution in [0.4, 0.5) is 0 Å². The van der Waals surface area contributed by atoms with E-state index in [1.807, 2.05) is 37.3 Å². The van der Waals surface area contributed by atoms with Gasteiger partial charge in [0.05, 0.1) is 30.3 Å². The maximum absolute atomic E-state index is 12.3. The zero-order chi connectivity index (χ0) is 24.9. The average Bonchev–Trinajstić information content (AvgIpc) is 3.27. The second-order valence-electron chi connectivity index (χ2n) is 8.54. The van der Waals surface area contributed by atoms with Gasteiger partial charge in [-0.2, -0.15) is 0 Å². The van der Waals surface area contributed by atoms with Gasteiger partial charge in [0.1, 0.15) is 5.75 Å². The lowest BCUT2D eigenvalue weighted by atomic mass is 10.1. The van der Waals surface area contributed by atoms with Crippen LogP contribution < -0.4 is 4.74 Å². The zero-order valence-corrected chi connectivity index (χ0v) is 21.3. The van der Waals surface area contributed by atoms with Crippen LogP contribution in [0.3, 0.4) is 0 Å². The number of benzene rings is 4. The van der Waals surface area contributed by atoms with Gasteiger partial charge in [-0.25, -0.2) is 9.78 Å². The summed E-state index contributed by atoms with van der Waals surface area (Å²) in [6.07, 6.45) is 0.860. The Morgan fingerprint density at radius 1 is 0.917 bits per heavy atom. The monoisotopic (exact) mass is 496 g/mol. The normalized spacial score (nSPS) is 11.2. The molecule has 0 aliphatic carbocycles. The second kappa shape index (κ2) is 10.9. The molecule has 0 aliphatic rings. The molecule has 0 fully saturated rings. The minimum absolute atomic E-state index is 0.322. The highest BCUT2D eigenvalue weighted by molar-refractivity contribution is 7.98. The van der Waals surface area contributed by atoms with Crippen LogP contribution in [-0.4, -0.2) is 29.2 Å². The van der Waals surface area contributed by atoms with E-state index in [0.717, 1.165) is 40.7 Å². The number of carbonyl (C=O) groups excluding carboxylic acids is 1. The number of aryl methyl sites for hydroxylation is 2. The lowest BCUT2D eigenvalue weighted by Crippen LogP contribution is -2.05. The largest absolute Gasteiger partial charge is 0.497 e. The van der Waals surface area contributed by atoms with E-state index >= 15 is 0 Å². The summed E-state index contributed by atoms with van der Waals surface area (Å²) in [5, 5.41) is 3.42. The van der Waals surface area contributed by atoms with E-state index in [0.29, 0.717) is 12.2 Å². The molecule has 0 spiro atoms. The van der Waals surface area contributed by atoms with E-state index in [-0.39, 0.29) is 5.97 Å². The van der Waals surface area contributed by atoms with Crippen LogP contribution in [0.5, 0.6) is 5.75 Å². The molecule has 0 bridgehead atoms. The van der Waals surface area contributed by atoms with E-state index in [2.05, 4.69) is 59.2 Å². The predicted molar refractivity (Wildman–Crippen MR) is 146 cm³/mol. The lowest BCUT2D eigenvalue weighted by Gasteiger charge is -2.10. The molecular weight excluding hydrogens is 468 g/mol. The number of rotatable bonds is 9. The van der Waals surface area contributed by atoms with Gasteiger partial charge in [-0.05, 0) is 65.6 Å². The van der Waals surface area contributed by atoms with Crippen molar-refractivity contribution in [2.24, 2.45) is 0 Å². The summed E-state index contributed by atoms with van der Waals surface area (Å²) < 4.78 is 12.7. The standard InChI is InChI=1S/C30H28N2O3S/c1-3-35-29(33)25-12-15-28-27(19-25)31-30(32(28)17-16-21-9-13-26(34-2)14-10-21)36-20-22-8-11-23-6-4-5-7-24(23)18-22/h4-15,18-19H,3,16-17,20H2,1-2H3. The number of esters is 1. The first-order chi connectivity index (χ1) is 17.6. The summed E-state index contributed by atoms with van der Waals surface area (Å²) in [5.74, 6) is 1.34. The molecule has 36 heavy (non-hydrogen) atoms. The van der Waals surface area contributed by atoms with Gasteiger partial charge < -0.3 is 14.0 Å². The molecule has 0 atom stereocenters. The summed E-state index contributed by atoms with van der Waals surface area (Å²) in [6.45, 7) is 2.94. The first kappa shape index (κ1) is 23.9. The fourth-order valence-electron chi connectivity index (χ4n) is 4.28. The molecule has 0 N–H and O–H groups in total. The molecule has 0 amide bonds. The first-order valence-electron chi connectivity index (χ1n) is 12.1. The molecular formula is C30H28N2O3S. The van der Waals surface area contributed by atoms with E-state index in [9.17, 15) is 4.79 Å². The quantitative estimate of drug-likeness (QED) is 0.164. The number of carbonyl (C=O) groups is 1. The van der Waals surface area contributed by atoms with E-state index in [1.165, 1.54) is 21.9 Å². The second-order valence-corrected chi connectivity index (χ2v) is 9.48. The van der Waals surface area contributed by atoms with Crippen molar-refractivity contribution in [3.8, 4) is 5.75 Å². The minimum atomic E-state index is -0.322. The van der Waals surface area contributed by atoms with E-state index in [4.69, 9.17) is 14.5 Å². The van der Waals surface area contributed by atoms with Crippen LogP contribution in [0.15, 0.2) is 90.1 Å². The Morgan fingerprint density at radius 2 is 1.69 bits per heavy atom. The van der Waals surface area contributed by atoms with Crippen LogP contribution in [0.1, 0.15) is 28.4 Å². The van der Waals surface area contributed by atoms with E-state index in [1.54, 1.807) is 18.9 Å². The fourth-order valence-corrected chi connectivity index (χ4v) is 5.27. The number of nitrogens with zero attached hydrogens (tertiary/aromatic N) is 2. The van der Waals surface area contributed by atoms with Crippen LogP contribution in [-0.2, 0) is 23.5 Å². The Labute approximate surface area is 215 Å².